The van der Waals surface area contributed by atoms with Crippen molar-refractivity contribution in [3.63, 3.8) is 0 Å². The van der Waals surface area contributed by atoms with E-state index in [2.05, 4.69) is 47.0 Å². The number of hydrogen-bond donors (Lipinski definition) is 1. The van der Waals surface area contributed by atoms with Gasteiger partial charge in [0, 0.05) is 42.3 Å². The number of nitro groups is 1. The summed E-state index contributed by atoms with van der Waals surface area (Å²) in [7, 11) is 2.11. The first-order valence-corrected chi connectivity index (χ1v) is 7.58. The molecular formula is C14H22BrN3O2. The topological polar surface area (TPSA) is 58.4 Å². The fourth-order valence-electron chi connectivity index (χ4n) is 1.86. The zero-order valence-electron chi connectivity index (χ0n) is 12.2. The quantitative estimate of drug-likeness (QED) is 0.447. The largest absolute Gasteiger partial charge is 0.311 e. The lowest BCUT2D eigenvalue weighted by atomic mass is 10.2. The van der Waals surface area contributed by atoms with E-state index in [1.165, 1.54) is 6.07 Å². The van der Waals surface area contributed by atoms with Crippen LogP contribution in [-0.4, -0.2) is 36.0 Å². The minimum atomic E-state index is -0.370. The highest BCUT2D eigenvalue weighted by Gasteiger charge is 2.09. The molecule has 1 rings (SSSR count). The molecule has 1 atom stereocenters. The number of non-ortho nitro benzene ring substituents is 1. The predicted molar refractivity (Wildman–Crippen MR) is 84.9 cm³/mol. The first kappa shape index (κ1) is 17.1. The molecule has 0 saturated carbocycles. The highest BCUT2D eigenvalue weighted by Crippen LogP contribution is 2.21. The van der Waals surface area contributed by atoms with Crippen LogP contribution in [0.5, 0.6) is 0 Å². The van der Waals surface area contributed by atoms with Crippen molar-refractivity contribution < 1.29 is 4.92 Å². The van der Waals surface area contributed by atoms with Gasteiger partial charge in [0.05, 0.1) is 4.92 Å². The van der Waals surface area contributed by atoms with Gasteiger partial charge >= 0.3 is 0 Å². The molecule has 0 amide bonds. The van der Waals surface area contributed by atoms with Gasteiger partial charge in [0.25, 0.3) is 5.69 Å². The monoisotopic (exact) mass is 343 g/mol. The van der Waals surface area contributed by atoms with Gasteiger partial charge in [0.1, 0.15) is 0 Å². The number of halogens is 1. The number of nitrogens with one attached hydrogen (secondary N) is 1. The Bertz CT molecular complexity index is 454. The summed E-state index contributed by atoms with van der Waals surface area (Å²) in [6.07, 6.45) is 1.13. The molecule has 0 aliphatic heterocycles. The summed E-state index contributed by atoms with van der Waals surface area (Å²) in [6.45, 7) is 6.84. The summed E-state index contributed by atoms with van der Waals surface area (Å²) >= 11 is 3.30. The zero-order valence-corrected chi connectivity index (χ0v) is 13.8. The Morgan fingerprint density at radius 1 is 1.45 bits per heavy atom. The predicted octanol–water partition coefficient (Wildman–Crippen LogP) is 3.18. The van der Waals surface area contributed by atoms with Gasteiger partial charge in [0.2, 0.25) is 0 Å². The maximum Gasteiger partial charge on any atom is 0.270 e. The minimum Gasteiger partial charge on any atom is -0.311 e. The molecule has 6 heteroatoms. The SMILES string of the molecule is CCC(C)N(C)CCNCc1cc(Br)cc([N+](=O)[O-])c1. The molecule has 112 valence electrons. The second kappa shape index (κ2) is 8.34. The Balaban J connectivity index is 2.44. The van der Waals surface area contributed by atoms with Gasteiger partial charge in [-0.1, -0.05) is 22.9 Å². The molecule has 0 spiro atoms. The molecule has 0 fully saturated rings. The van der Waals surface area contributed by atoms with E-state index in [9.17, 15) is 10.1 Å². The van der Waals surface area contributed by atoms with Crippen molar-refractivity contribution in [3.8, 4) is 0 Å². The van der Waals surface area contributed by atoms with E-state index >= 15 is 0 Å². The van der Waals surface area contributed by atoms with E-state index in [0.717, 1.165) is 29.5 Å². The van der Waals surface area contributed by atoms with Crippen molar-refractivity contribution in [2.45, 2.75) is 32.9 Å². The smallest absolute Gasteiger partial charge is 0.270 e. The van der Waals surface area contributed by atoms with E-state index in [1.54, 1.807) is 6.07 Å². The van der Waals surface area contributed by atoms with Crippen LogP contribution in [0, 0.1) is 10.1 Å². The minimum absolute atomic E-state index is 0.118. The van der Waals surface area contributed by atoms with Gasteiger partial charge in [-0.05, 0) is 32.0 Å². The average Bonchev–Trinajstić information content (AvgIpc) is 2.41. The average molecular weight is 344 g/mol. The summed E-state index contributed by atoms with van der Waals surface area (Å²) < 4.78 is 0.736. The molecule has 0 radical (unpaired) electrons. The number of rotatable bonds is 8. The van der Waals surface area contributed by atoms with Crippen LogP contribution in [0.25, 0.3) is 0 Å². The van der Waals surface area contributed by atoms with Gasteiger partial charge in [-0.15, -0.1) is 0 Å². The molecule has 0 saturated heterocycles. The van der Waals surface area contributed by atoms with Gasteiger partial charge in [-0.25, -0.2) is 0 Å². The molecule has 1 N–H and O–H groups in total. The molecule has 5 nitrogen and oxygen atoms in total. The van der Waals surface area contributed by atoms with Crippen LogP contribution in [-0.2, 0) is 6.54 Å². The zero-order chi connectivity index (χ0) is 15.1. The Kier molecular flexibility index (Phi) is 7.12. The Morgan fingerprint density at radius 3 is 2.75 bits per heavy atom. The van der Waals surface area contributed by atoms with Gasteiger partial charge in [-0.3, -0.25) is 10.1 Å². The third kappa shape index (κ3) is 5.56. The number of nitro benzene ring substituents is 1. The summed E-state index contributed by atoms with van der Waals surface area (Å²) in [5.74, 6) is 0. The van der Waals surface area contributed by atoms with E-state index < -0.39 is 0 Å². The molecule has 1 aromatic rings. The Labute approximate surface area is 128 Å². The van der Waals surface area contributed by atoms with Crippen molar-refractivity contribution in [2.24, 2.45) is 0 Å². The molecular weight excluding hydrogens is 322 g/mol. The van der Waals surface area contributed by atoms with E-state index in [0.29, 0.717) is 12.6 Å². The second-order valence-electron chi connectivity index (χ2n) is 4.99. The third-order valence-electron chi connectivity index (χ3n) is 3.47. The highest BCUT2D eigenvalue weighted by atomic mass is 79.9. The molecule has 0 bridgehead atoms. The number of likely N-dealkylation sites (N-methyl/N-ethyl adjacent to an activating group) is 1. The maximum atomic E-state index is 10.8. The fraction of sp³-hybridized carbons (Fsp3) is 0.571. The van der Waals surface area contributed by atoms with Gasteiger partial charge in [0.15, 0.2) is 0 Å². The first-order chi connectivity index (χ1) is 9.43. The van der Waals surface area contributed by atoms with Crippen molar-refractivity contribution >= 4 is 21.6 Å². The summed E-state index contributed by atoms with van der Waals surface area (Å²) in [5.41, 5.74) is 1.03. The van der Waals surface area contributed by atoms with Crippen LogP contribution in [0.1, 0.15) is 25.8 Å². The van der Waals surface area contributed by atoms with Crippen molar-refractivity contribution in [2.75, 3.05) is 20.1 Å². The highest BCUT2D eigenvalue weighted by molar-refractivity contribution is 9.10. The summed E-state index contributed by atoms with van der Waals surface area (Å²) in [6, 6.07) is 5.60. The molecule has 20 heavy (non-hydrogen) atoms. The summed E-state index contributed by atoms with van der Waals surface area (Å²) in [5, 5.41) is 14.1. The lowest BCUT2D eigenvalue weighted by Crippen LogP contribution is -2.34. The lowest BCUT2D eigenvalue weighted by Gasteiger charge is -2.23. The molecule has 0 aromatic heterocycles. The number of hydrogen-bond acceptors (Lipinski definition) is 4. The standard InChI is InChI=1S/C14H22BrN3O2/c1-4-11(2)17(3)6-5-16-10-12-7-13(15)9-14(8-12)18(19)20/h7-9,11,16H,4-6,10H2,1-3H3. The van der Waals surface area contributed by atoms with Crippen LogP contribution < -0.4 is 5.32 Å². The fourth-order valence-corrected chi connectivity index (χ4v) is 2.39. The third-order valence-corrected chi connectivity index (χ3v) is 3.92. The van der Waals surface area contributed by atoms with Crippen molar-refractivity contribution in [1.82, 2.24) is 10.2 Å². The van der Waals surface area contributed by atoms with Crippen LogP contribution in [0.4, 0.5) is 5.69 Å². The first-order valence-electron chi connectivity index (χ1n) is 6.78. The lowest BCUT2D eigenvalue weighted by molar-refractivity contribution is -0.385. The summed E-state index contributed by atoms with van der Waals surface area (Å²) in [4.78, 5) is 12.7. The van der Waals surface area contributed by atoms with Crippen molar-refractivity contribution in [1.29, 1.82) is 0 Å². The van der Waals surface area contributed by atoms with Crippen LogP contribution in [0.15, 0.2) is 22.7 Å². The van der Waals surface area contributed by atoms with Crippen molar-refractivity contribution in [3.05, 3.63) is 38.3 Å². The van der Waals surface area contributed by atoms with Crippen LogP contribution >= 0.6 is 15.9 Å². The van der Waals surface area contributed by atoms with Gasteiger partial charge < -0.3 is 10.2 Å². The molecule has 0 aliphatic carbocycles. The molecule has 1 unspecified atom stereocenters. The van der Waals surface area contributed by atoms with Crippen LogP contribution in [0.2, 0.25) is 0 Å². The van der Waals surface area contributed by atoms with Gasteiger partial charge in [-0.2, -0.15) is 0 Å². The van der Waals surface area contributed by atoms with E-state index in [4.69, 9.17) is 0 Å². The van der Waals surface area contributed by atoms with E-state index in [1.807, 2.05) is 6.07 Å². The number of benzene rings is 1. The van der Waals surface area contributed by atoms with Crippen LogP contribution in [0.3, 0.4) is 0 Å². The normalized spacial score (nSPS) is 12.7. The molecule has 0 heterocycles. The maximum absolute atomic E-state index is 10.8. The molecule has 1 aromatic carbocycles. The Hall–Kier alpha value is -0.980. The number of nitrogens with zero attached hydrogens (tertiary/aromatic N) is 2. The Morgan fingerprint density at radius 2 is 2.15 bits per heavy atom. The van der Waals surface area contributed by atoms with E-state index in [-0.39, 0.29) is 10.6 Å². The molecule has 0 aliphatic rings. The second-order valence-corrected chi connectivity index (χ2v) is 5.91.